The summed E-state index contributed by atoms with van der Waals surface area (Å²) in [5.41, 5.74) is 3.06. The number of carbonyl (C=O) groups excluding carboxylic acids is 1. The van der Waals surface area contributed by atoms with E-state index in [1.165, 1.54) is 0 Å². The number of carbonyl (C=O) groups is 1. The van der Waals surface area contributed by atoms with Crippen LogP contribution in [0.15, 0.2) is 53.3 Å². The summed E-state index contributed by atoms with van der Waals surface area (Å²) < 4.78 is 14.2. The van der Waals surface area contributed by atoms with Gasteiger partial charge in [0.1, 0.15) is 5.65 Å². The van der Waals surface area contributed by atoms with Gasteiger partial charge in [-0.1, -0.05) is 12.1 Å². The zero-order valence-corrected chi connectivity index (χ0v) is 15.4. The summed E-state index contributed by atoms with van der Waals surface area (Å²) in [7, 11) is -0.931. The average molecular weight is 406 g/mol. The average Bonchev–Trinajstić information content (AvgIpc) is 2.94. The van der Waals surface area contributed by atoms with E-state index in [0.717, 1.165) is 21.4 Å². The highest BCUT2D eigenvalue weighted by molar-refractivity contribution is 9.10. The molecule has 7 heteroatoms. The van der Waals surface area contributed by atoms with E-state index in [4.69, 9.17) is 0 Å². The van der Waals surface area contributed by atoms with Crippen molar-refractivity contribution >= 4 is 38.3 Å². The fourth-order valence-corrected chi connectivity index (χ4v) is 3.41. The molecule has 24 heavy (non-hydrogen) atoms. The molecule has 1 amide bonds. The maximum absolute atomic E-state index is 12.3. The molecule has 5 nitrogen and oxygen atoms in total. The number of nitrogens with zero attached hydrogens (tertiary/aromatic N) is 2. The lowest BCUT2D eigenvalue weighted by Crippen LogP contribution is -2.23. The van der Waals surface area contributed by atoms with E-state index in [1.54, 1.807) is 24.5 Å². The normalized spacial score (nSPS) is 12.2. The highest BCUT2D eigenvalue weighted by Gasteiger charge is 2.08. The summed E-state index contributed by atoms with van der Waals surface area (Å²) in [6, 6.07) is 11.0. The fraction of sp³-hybridized carbons (Fsp3) is 0.176. The second-order valence-electron chi connectivity index (χ2n) is 5.45. The third-order valence-corrected chi connectivity index (χ3v) is 4.66. The maximum atomic E-state index is 12.3. The molecule has 0 aliphatic rings. The number of amides is 1. The molecule has 0 aliphatic heterocycles. The number of benzene rings is 1. The lowest BCUT2D eigenvalue weighted by Gasteiger charge is -2.05. The van der Waals surface area contributed by atoms with Gasteiger partial charge < -0.3 is 9.72 Å². The smallest absolute Gasteiger partial charge is 0.251 e. The zero-order valence-electron chi connectivity index (χ0n) is 13.0. The summed E-state index contributed by atoms with van der Waals surface area (Å²) in [5.74, 6) is 0.277. The molecular weight excluding hydrogens is 390 g/mol. The lowest BCUT2D eigenvalue weighted by molar-refractivity contribution is 0.0950. The second-order valence-corrected chi connectivity index (χ2v) is 7.80. The van der Waals surface area contributed by atoms with Crippen LogP contribution in [0.3, 0.4) is 0 Å². The van der Waals surface area contributed by atoms with Crippen molar-refractivity contribution in [1.82, 2.24) is 14.7 Å². The van der Waals surface area contributed by atoms with Crippen molar-refractivity contribution in [2.24, 2.45) is 0 Å². The first-order valence-electron chi connectivity index (χ1n) is 7.31. The largest absolute Gasteiger partial charge is 0.346 e. The van der Waals surface area contributed by atoms with Crippen LogP contribution in [0, 0.1) is 0 Å². The number of halogens is 1. The molecule has 0 saturated heterocycles. The van der Waals surface area contributed by atoms with Gasteiger partial charge in [-0.3, -0.25) is 9.00 Å². The van der Waals surface area contributed by atoms with Gasteiger partial charge in [0.05, 0.1) is 12.2 Å². The van der Waals surface area contributed by atoms with Gasteiger partial charge in [0, 0.05) is 45.2 Å². The summed E-state index contributed by atoms with van der Waals surface area (Å²) in [5, 5.41) is 2.87. The van der Waals surface area contributed by atoms with Gasteiger partial charge >= 0.3 is 0 Å². The molecule has 2 heterocycles. The zero-order chi connectivity index (χ0) is 17.1. The van der Waals surface area contributed by atoms with Crippen LogP contribution in [0.25, 0.3) is 5.65 Å². The van der Waals surface area contributed by atoms with Gasteiger partial charge in [-0.05, 0) is 45.8 Å². The molecule has 1 atom stereocenters. The molecule has 0 bridgehead atoms. The Morgan fingerprint density at radius 3 is 2.92 bits per heavy atom. The Hall–Kier alpha value is -1.99. The van der Waals surface area contributed by atoms with Crippen molar-refractivity contribution in [2.75, 3.05) is 6.26 Å². The van der Waals surface area contributed by atoms with E-state index >= 15 is 0 Å². The molecule has 0 saturated carbocycles. The SMILES string of the molecule is C[S@@](=O)Cc1cccc(C(=O)NCc2cn3cc(Br)ccc3n2)c1. The van der Waals surface area contributed by atoms with Crippen LogP contribution in [-0.2, 0) is 23.1 Å². The van der Waals surface area contributed by atoms with Crippen LogP contribution in [0.4, 0.5) is 0 Å². The van der Waals surface area contributed by atoms with E-state index < -0.39 is 10.8 Å². The molecule has 0 spiro atoms. The third-order valence-electron chi connectivity index (χ3n) is 3.45. The molecule has 3 aromatic rings. The Bertz CT molecular complexity index is 923. The number of hydrogen-bond acceptors (Lipinski definition) is 3. The molecule has 1 aromatic carbocycles. The van der Waals surface area contributed by atoms with E-state index in [9.17, 15) is 9.00 Å². The minimum atomic E-state index is -0.931. The number of imidazole rings is 1. The van der Waals surface area contributed by atoms with Gasteiger partial charge in [0.2, 0.25) is 0 Å². The minimum Gasteiger partial charge on any atom is -0.346 e. The van der Waals surface area contributed by atoms with Gasteiger partial charge in [0.15, 0.2) is 0 Å². The Kier molecular flexibility index (Phi) is 5.11. The van der Waals surface area contributed by atoms with Crippen LogP contribution in [0.1, 0.15) is 21.6 Å². The Labute approximate surface area is 150 Å². The maximum Gasteiger partial charge on any atom is 0.251 e. The molecule has 0 fully saturated rings. The predicted octanol–water partition coefficient (Wildman–Crippen LogP) is 2.91. The lowest BCUT2D eigenvalue weighted by atomic mass is 10.1. The second kappa shape index (κ2) is 7.27. The van der Waals surface area contributed by atoms with Gasteiger partial charge in [-0.25, -0.2) is 4.98 Å². The molecule has 3 rings (SSSR count). The highest BCUT2D eigenvalue weighted by Crippen LogP contribution is 2.13. The first kappa shape index (κ1) is 16.9. The van der Waals surface area contributed by atoms with Crippen LogP contribution < -0.4 is 5.32 Å². The Morgan fingerprint density at radius 2 is 2.12 bits per heavy atom. The van der Waals surface area contributed by atoms with Gasteiger partial charge in [-0.15, -0.1) is 0 Å². The standard InChI is InChI=1S/C17H16BrN3O2S/c1-24(23)11-12-3-2-4-13(7-12)17(22)19-8-15-10-21-9-14(18)5-6-16(21)20-15/h2-7,9-10H,8,11H2,1H3,(H,19,22)/t24-/m1/s1. The number of pyridine rings is 1. The van der Waals surface area contributed by atoms with Crippen molar-refractivity contribution < 1.29 is 9.00 Å². The molecule has 1 N–H and O–H groups in total. The van der Waals surface area contributed by atoms with E-state index in [0.29, 0.717) is 17.9 Å². The fourth-order valence-electron chi connectivity index (χ4n) is 2.41. The first-order valence-corrected chi connectivity index (χ1v) is 9.83. The van der Waals surface area contributed by atoms with Gasteiger partial charge in [0.25, 0.3) is 5.91 Å². The summed E-state index contributed by atoms with van der Waals surface area (Å²) >= 11 is 3.42. The topological polar surface area (TPSA) is 63.5 Å². The van der Waals surface area contributed by atoms with Crippen molar-refractivity contribution in [1.29, 1.82) is 0 Å². The van der Waals surface area contributed by atoms with Crippen molar-refractivity contribution in [3.63, 3.8) is 0 Å². The predicted molar refractivity (Wildman–Crippen MR) is 98.3 cm³/mol. The third kappa shape index (κ3) is 4.10. The number of nitrogens with one attached hydrogen (secondary N) is 1. The van der Waals surface area contributed by atoms with E-state index in [1.807, 2.05) is 35.0 Å². The summed E-state index contributed by atoms with van der Waals surface area (Å²) in [6.45, 7) is 0.349. The molecule has 0 aliphatic carbocycles. The Balaban J connectivity index is 1.69. The van der Waals surface area contributed by atoms with Crippen molar-refractivity contribution in [2.45, 2.75) is 12.3 Å². The minimum absolute atomic E-state index is 0.169. The summed E-state index contributed by atoms with van der Waals surface area (Å²) in [6.07, 6.45) is 5.45. The highest BCUT2D eigenvalue weighted by atomic mass is 79.9. The number of rotatable bonds is 5. The Morgan fingerprint density at radius 1 is 1.29 bits per heavy atom. The molecule has 0 unspecified atom stereocenters. The molecular formula is C17H16BrN3O2S. The number of aromatic nitrogens is 2. The van der Waals surface area contributed by atoms with Crippen LogP contribution >= 0.6 is 15.9 Å². The van der Waals surface area contributed by atoms with E-state index in [-0.39, 0.29) is 5.91 Å². The van der Waals surface area contributed by atoms with Crippen molar-refractivity contribution in [3.8, 4) is 0 Å². The van der Waals surface area contributed by atoms with Crippen LogP contribution in [-0.4, -0.2) is 25.8 Å². The quantitative estimate of drug-likeness (QED) is 0.709. The van der Waals surface area contributed by atoms with Gasteiger partial charge in [-0.2, -0.15) is 0 Å². The molecule has 0 radical (unpaired) electrons. The monoisotopic (exact) mass is 405 g/mol. The number of fused-ring (bicyclic) bond motifs is 1. The molecule has 2 aromatic heterocycles. The van der Waals surface area contributed by atoms with E-state index in [2.05, 4.69) is 26.2 Å². The van der Waals surface area contributed by atoms with Crippen molar-refractivity contribution in [3.05, 3.63) is 70.1 Å². The van der Waals surface area contributed by atoms with Crippen LogP contribution in [0.2, 0.25) is 0 Å². The summed E-state index contributed by atoms with van der Waals surface area (Å²) in [4.78, 5) is 16.8. The molecule has 124 valence electrons. The first-order chi connectivity index (χ1) is 11.5. The number of hydrogen-bond donors (Lipinski definition) is 1. The van der Waals surface area contributed by atoms with Crippen LogP contribution in [0.5, 0.6) is 0 Å².